The molecule has 1 aliphatic carbocycles. The van der Waals surface area contributed by atoms with Crippen molar-refractivity contribution in [2.24, 2.45) is 11.3 Å². The van der Waals surface area contributed by atoms with E-state index in [-0.39, 0.29) is 5.41 Å². The summed E-state index contributed by atoms with van der Waals surface area (Å²) in [5.41, 5.74) is 0.194. The minimum absolute atomic E-state index is 0.194. The highest BCUT2D eigenvalue weighted by Crippen LogP contribution is 2.53. The summed E-state index contributed by atoms with van der Waals surface area (Å²) in [4.78, 5) is 10.4. The average molecular weight is 156 g/mol. The summed E-state index contributed by atoms with van der Waals surface area (Å²) < 4.78 is 0. The molecule has 0 aromatic heterocycles. The van der Waals surface area contributed by atoms with Crippen LogP contribution in [-0.2, 0) is 4.79 Å². The molecule has 1 N–H and O–H groups in total. The largest absolute Gasteiger partial charge is 0.481 e. The van der Waals surface area contributed by atoms with Crippen molar-refractivity contribution < 1.29 is 9.90 Å². The number of rotatable bonds is 4. The molecular weight excluding hydrogens is 140 g/mol. The maximum absolute atomic E-state index is 10.4. The van der Waals surface area contributed by atoms with Crippen molar-refractivity contribution in [1.82, 2.24) is 0 Å². The molecule has 1 rings (SSSR count). The van der Waals surface area contributed by atoms with E-state index in [0.717, 1.165) is 19.3 Å². The summed E-state index contributed by atoms with van der Waals surface area (Å²) in [7, 11) is 0. The summed E-state index contributed by atoms with van der Waals surface area (Å²) in [5.74, 6) is 0.000000000000000111. The summed E-state index contributed by atoms with van der Waals surface area (Å²) in [6.07, 6.45) is 3.71. The van der Waals surface area contributed by atoms with Crippen LogP contribution in [0.25, 0.3) is 0 Å². The third-order valence-electron chi connectivity index (χ3n) is 2.32. The molecule has 0 heterocycles. The van der Waals surface area contributed by atoms with E-state index in [1.807, 2.05) is 0 Å². The van der Waals surface area contributed by atoms with Crippen molar-refractivity contribution in [3.8, 4) is 0 Å². The number of aliphatic carboxylic acids is 1. The van der Waals surface area contributed by atoms with E-state index in [0.29, 0.717) is 12.3 Å². The fourth-order valence-electron chi connectivity index (χ4n) is 1.82. The van der Waals surface area contributed by atoms with Gasteiger partial charge in [-0.05, 0) is 30.6 Å². The van der Waals surface area contributed by atoms with Crippen molar-refractivity contribution in [2.45, 2.75) is 39.5 Å². The monoisotopic (exact) mass is 156 g/mol. The van der Waals surface area contributed by atoms with Gasteiger partial charge in [-0.1, -0.05) is 13.8 Å². The van der Waals surface area contributed by atoms with Crippen molar-refractivity contribution in [3.05, 3.63) is 0 Å². The normalized spacial score (nSPS) is 20.3. The van der Waals surface area contributed by atoms with Gasteiger partial charge in [-0.2, -0.15) is 0 Å². The first kappa shape index (κ1) is 8.57. The van der Waals surface area contributed by atoms with Crippen LogP contribution >= 0.6 is 0 Å². The Kier molecular flexibility index (Phi) is 2.21. The second-order valence-electron chi connectivity index (χ2n) is 4.17. The van der Waals surface area contributed by atoms with Gasteiger partial charge in [-0.15, -0.1) is 0 Å². The number of carboxylic acids is 1. The van der Waals surface area contributed by atoms with Crippen molar-refractivity contribution >= 4 is 5.97 Å². The number of hydrogen-bond acceptors (Lipinski definition) is 1. The van der Waals surface area contributed by atoms with Gasteiger partial charge in [0.05, 0.1) is 6.42 Å². The van der Waals surface area contributed by atoms with Crippen molar-refractivity contribution in [1.29, 1.82) is 0 Å². The molecule has 0 aromatic rings. The highest BCUT2D eigenvalue weighted by molar-refractivity contribution is 5.68. The van der Waals surface area contributed by atoms with E-state index in [1.165, 1.54) is 0 Å². The lowest BCUT2D eigenvalue weighted by molar-refractivity contribution is -0.138. The third kappa shape index (κ3) is 2.52. The van der Waals surface area contributed by atoms with Crippen LogP contribution in [0.1, 0.15) is 39.5 Å². The van der Waals surface area contributed by atoms with Crippen LogP contribution in [0.3, 0.4) is 0 Å². The van der Waals surface area contributed by atoms with Crippen molar-refractivity contribution in [3.63, 3.8) is 0 Å². The average Bonchev–Trinajstić information content (AvgIpc) is 2.43. The lowest BCUT2D eigenvalue weighted by Gasteiger charge is -2.14. The second-order valence-corrected chi connectivity index (χ2v) is 4.17. The molecule has 1 aliphatic rings. The van der Waals surface area contributed by atoms with Crippen LogP contribution in [0.5, 0.6) is 0 Å². The third-order valence-corrected chi connectivity index (χ3v) is 2.32. The Balaban J connectivity index is 2.35. The van der Waals surface area contributed by atoms with Gasteiger partial charge in [-0.3, -0.25) is 4.79 Å². The summed E-state index contributed by atoms with van der Waals surface area (Å²) in [6.45, 7) is 4.31. The molecular formula is C9H16O2. The molecule has 0 amide bonds. The van der Waals surface area contributed by atoms with Gasteiger partial charge < -0.3 is 5.11 Å². The highest BCUT2D eigenvalue weighted by Gasteiger charge is 2.44. The molecule has 2 heteroatoms. The van der Waals surface area contributed by atoms with E-state index in [4.69, 9.17) is 5.11 Å². The Hall–Kier alpha value is -0.530. The van der Waals surface area contributed by atoms with E-state index >= 15 is 0 Å². The van der Waals surface area contributed by atoms with E-state index < -0.39 is 5.97 Å². The molecule has 11 heavy (non-hydrogen) atoms. The Labute approximate surface area is 67.6 Å². The van der Waals surface area contributed by atoms with Crippen molar-refractivity contribution in [2.75, 3.05) is 0 Å². The zero-order valence-corrected chi connectivity index (χ0v) is 7.26. The topological polar surface area (TPSA) is 37.3 Å². The minimum atomic E-state index is -0.636. The molecule has 0 unspecified atom stereocenters. The molecule has 2 nitrogen and oxygen atoms in total. The van der Waals surface area contributed by atoms with Gasteiger partial charge in [-0.25, -0.2) is 0 Å². The van der Waals surface area contributed by atoms with Gasteiger partial charge in [0.25, 0.3) is 0 Å². The Morgan fingerprint density at radius 1 is 1.55 bits per heavy atom. The van der Waals surface area contributed by atoms with Gasteiger partial charge in [0.15, 0.2) is 0 Å². The SMILES string of the molecule is CC(C)CC1(CC(=O)O)CC1. The maximum Gasteiger partial charge on any atom is 0.303 e. The molecule has 1 saturated carbocycles. The quantitative estimate of drug-likeness (QED) is 0.678. The zero-order chi connectivity index (χ0) is 8.48. The molecule has 0 saturated heterocycles. The Morgan fingerprint density at radius 2 is 2.09 bits per heavy atom. The second kappa shape index (κ2) is 2.84. The molecule has 1 fully saturated rings. The molecule has 0 aromatic carbocycles. The predicted molar refractivity (Wildman–Crippen MR) is 43.4 cm³/mol. The maximum atomic E-state index is 10.4. The molecule has 0 bridgehead atoms. The van der Waals surface area contributed by atoms with Gasteiger partial charge >= 0.3 is 5.97 Å². The van der Waals surface area contributed by atoms with Crippen LogP contribution < -0.4 is 0 Å². The van der Waals surface area contributed by atoms with Gasteiger partial charge in [0, 0.05) is 0 Å². The fourth-order valence-corrected chi connectivity index (χ4v) is 1.82. The van der Waals surface area contributed by atoms with Crippen LogP contribution in [0.2, 0.25) is 0 Å². The standard InChI is InChI=1S/C9H16O2/c1-7(2)5-9(3-4-9)6-8(10)11/h7H,3-6H2,1-2H3,(H,10,11). The van der Waals surface area contributed by atoms with Gasteiger partial charge in [0.2, 0.25) is 0 Å². The minimum Gasteiger partial charge on any atom is -0.481 e. The predicted octanol–water partition coefficient (Wildman–Crippen LogP) is 2.29. The number of carboxylic acid groups (broad SMARTS) is 1. The number of carbonyl (C=O) groups is 1. The molecule has 0 atom stereocenters. The van der Waals surface area contributed by atoms with Crippen LogP contribution in [0, 0.1) is 11.3 Å². The first-order valence-electron chi connectivity index (χ1n) is 4.26. The lowest BCUT2D eigenvalue weighted by Crippen LogP contribution is -2.10. The zero-order valence-electron chi connectivity index (χ0n) is 7.26. The smallest absolute Gasteiger partial charge is 0.303 e. The fraction of sp³-hybridized carbons (Fsp3) is 0.889. The summed E-state index contributed by atoms with van der Waals surface area (Å²) >= 11 is 0. The van der Waals surface area contributed by atoms with Gasteiger partial charge in [0.1, 0.15) is 0 Å². The summed E-state index contributed by atoms with van der Waals surface area (Å²) in [5, 5.41) is 8.60. The van der Waals surface area contributed by atoms with Crippen LogP contribution in [-0.4, -0.2) is 11.1 Å². The molecule has 0 radical (unpaired) electrons. The molecule has 0 spiro atoms. The Morgan fingerprint density at radius 3 is 2.36 bits per heavy atom. The lowest BCUT2D eigenvalue weighted by atomic mass is 9.91. The van der Waals surface area contributed by atoms with Crippen LogP contribution in [0.4, 0.5) is 0 Å². The van der Waals surface area contributed by atoms with Crippen LogP contribution in [0.15, 0.2) is 0 Å². The van der Waals surface area contributed by atoms with E-state index in [9.17, 15) is 4.79 Å². The van der Waals surface area contributed by atoms with E-state index in [2.05, 4.69) is 13.8 Å². The highest BCUT2D eigenvalue weighted by atomic mass is 16.4. The first-order chi connectivity index (χ1) is 5.04. The first-order valence-corrected chi connectivity index (χ1v) is 4.26. The van der Waals surface area contributed by atoms with E-state index in [1.54, 1.807) is 0 Å². The Bertz CT molecular complexity index is 157. The molecule has 64 valence electrons. The molecule has 0 aliphatic heterocycles. The summed E-state index contributed by atoms with van der Waals surface area (Å²) in [6, 6.07) is 0. The number of hydrogen-bond donors (Lipinski definition) is 1.